The Morgan fingerprint density at radius 1 is 1.30 bits per heavy atom. The van der Waals surface area contributed by atoms with E-state index < -0.39 is 0 Å². The van der Waals surface area contributed by atoms with Crippen molar-refractivity contribution in [2.45, 2.75) is 6.54 Å². The Kier molecular flexibility index (Phi) is 6.64. The summed E-state index contributed by atoms with van der Waals surface area (Å²) in [6, 6.07) is 13.5. The van der Waals surface area contributed by atoms with E-state index in [0.717, 1.165) is 59.8 Å². The molecule has 0 bridgehead atoms. The molecule has 1 aromatic heterocycles. The first-order valence-electron chi connectivity index (χ1n) is 9.63. The van der Waals surface area contributed by atoms with Crippen LogP contribution in [0.5, 0.6) is 5.75 Å². The Morgan fingerprint density at radius 3 is 2.87 bits per heavy atom. The average Bonchev–Trinajstić information content (AvgIpc) is 3.11. The van der Waals surface area contributed by atoms with Crippen LogP contribution in [-0.4, -0.2) is 50.4 Å². The highest BCUT2D eigenvalue weighted by molar-refractivity contribution is 7.21. The van der Waals surface area contributed by atoms with Crippen LogP contribution in [0.4, 0.5) is 0 Å². The van der Waals surface area contributed by atoms with Gasteiger partial charge in [-0.25, -0.2) is 5.43 Å². The van der Waals surface area contributed by atoms with Gasteiger partial charge in [0, 0.05) is 35.3 Å². The number of hydrogen-bond donors (Lipinski definition) is 1. The number of rotatable bonds is 6. The van der Waals surface area contributed by atoms with Gasteiger partial charge in [0.05, 0.1) is 31.6 Å². The lowest BCUT2D eigenvalue weighted by atomic mass is 10.1. The summed E-state index contributed by atoms with van der Waals surface area (Å²) in [5, 5.41) is 5.46. The first-order valence-corrected chi connectivity index (χ1v) is 10.8. The maximum Gasteiger partial charge on any atom is 0.283 e. The summed E-state index contributed by atoms with van der Waals surface area (Å²) < 4.78 is 11.9. The Bertz CT molecular complexity index is 1080. The minimum Gasteiger partial charge on any atom is -0.496 e. The monoisotopic (exact) mass is 443 g/mol. The second-order valence-electron chi connectivity index (χ2n) is 6.90. The number of hydrogen-bond acceptors (Lipinski definition) is 6. The maximum absolute atomic E-state index is 12.5. The number of thiophene rings is 1. The minimum atomic E-state index is -0.320. The molecule has 1 N–H and O–H groups in total. The molecule has 0 unspecified atom stereocenters. The number of halogens is 1. The van der Waals surface area contributed by atoms with Crippen molar-refractivity contribution < 1.29 is 14.3 Å². The topological polar surface area (TPSA) is 63.2 Å². The maximum atomic E-state index is 12.5. The molecule has 1 saturated heterocycles. The number of amides is 1. The molecule has 156 valence electrons. The molecule has 6 nitrogen and oxygen atoms in total. The van der Waals surface area contributed by atoms with Gasteiger partial charge in [0.1, 0.15) is 10.6 Å². The van der Waals surface area contributed by atoms with Gasteiger partial charge in [-0.2, -0.15) is 5.10 Å². The van der Waals surface area contributed by atoms with E-state index in [2.05, 4.69) is 15.4 Å². The molecule has 1 fully saturated rings. The normalized spacial score (nSPS) is 15.0. The standard InChI is InChI=1S/C22H22ClN3O3S/c1-28-18-7-6-15(12-16(18)14-26-8-10-29-11-9-26)13-24-25-22(27)21-20(23)17-4-2-3-5-19(17)30-21/h2-7,12-13H,8-11,14H2,1H3,(H,25,27)/b24-13+. The molecule has 1 aliphatic rings. The van der Waals surface area contributed by atoms with Crippen LogP contribution in [0.3, 0.4) is 0 Å². The fourth-order valence-electron chi connectivity index (χ4n) is 3.38. The van der Waals surface area contributed by atoms with E-state index in [4.69, 9.17) is 21.1 Å². The van der Waals surface area contributed by atoms with E-state index in [9.17, 15) is 4.79 Å². The predicted molar refractivity (Wildman–Crippen MR) is 121 cm³/mol. The summed E-state index contributed by atoms with van der Waals surface area (Å²) >= 11 is 7.72. The number of benzene rings is 2. The largest absolute Gasteiger partial charge is 0.496 e. The summed E-state index contributed by atoms with van der Waals surface area (Å²) in [7, 11) is 1.67. The smallest absolute Gasteiger partial charge is 0.283 e. The lowest BCUT2D eigenvalue weighted by Gasteiger charge is -2.27. The lowest BCUT2D eigenvalue weighted by Crippen LogP contribution is -2.35. The van der Waals surface area contributed by atoms with Crippen LogP contribution in [0.2, 0.25) is 5.02 Å². The molecule has 0 spiro atoms. The number of carbonyl (C=O) groups excluding carboxylic acids is 1. The fraction of sp³-hybridized carbons (Fsp3) is 0.273. The number of hydrazone groups is 1. The van der Waals surface area contributed by atoms with Crippen molar-refractivity contribution in [3.63, 3.8) is 0 Å². The van der Waals surface area contributed by atoms with Crippen LogP contribution in [0.15, 0.2) is 47.6 Å². The van der Waals surface area contributed by atoms with E-state index in [0.29, 0.717) is 9.90 Å². The predicted octanol–water partition coefficient (Wildman–Crippen LogP) is 4.16. The van der Waals surface area contributed by atoms with Crippen molar-refractivity contribution >= 4 is 45.1 Å². The van der Waals surface area contributed by atoms with Gasteiger partial charge in [-0.05, 0) is 29.8 Å². The highest BCUT2D eigenvalue weighted by atomic mass is 35.5. The first kappa shape index (κ1) is 20.8. The molecule has 2 heterocycles. The molecule has 4 rings (SSSR count). The third kappa shape index (κ3) is 4.65. The van der Waals surface area contributed by atoms with E-state index in [-0.39, 0.29) is 5.91 Å². The molecule has 8 heteroatoms. The third-order valence-electron chi connectivity index (χ3n) is 4.92. The van der Waals surface area contributed by atoms with E-state index in [1.165, 1.54) is 11.3 Å². The van der Waals surface area contributed by atoms with E-state index in [1.807, 2.05) is 42.5 Å². The molecule has 0 radical (unpaired) electrons. The summed E-state index contributed by atoms with van der Waals surface area (Å²) in [5.74, 6) is 0.513. The third-order valence-corrected chi connectivity index (χ3v) is 6.60. The molecule has 3 aromatic rings. The number of methoxy groups -OCH3 is 1. The quantitative estimate of drug-likeness (QED) is 0.459. The highest BCUT2D eigenvalue weighted by Gasteiger charge is 2.16. The Hall–Kier alpha value is -2.45. The van der Waals surface area contributed by atoms with Crippen LogP contribution in [0.1, 0.15) is 20.8 Å². The van der Waals surface area contributed by atoms with Crippen LogP contribution >= 0.6 is 22.9 Å². The van der Waals surface area contributed by atoms with Gasteiger partial charge in [0.15, 0.2) is 0 Å². The van der Waals surface area contributed by atoms with Crippen LogP contribution in [0.25, 0.3) is 10.1 Å². The summed E-state index contributed by atoms with van der Waals surface area (Å²) in [4.78, 5) is 15.3. The molecular weight excluding hydrogens is 422 g/mol. The number of carbonyl (C=O) groups is 1. The molecular formula is C22H22ClN3O3S. The summed E-state index contributed by atoms with van der Waals surface area (Å²) in [6.45, 7) is 4.06. The Labute approximate surface area is 184 Å². The zero-order valence-corrected chi connectivity index (χ0v) is 18.1. The molecule has 0 atom stereocenters. The Morgan fingerprint density at radius 2 is 2.10 bits per heavy atom. The zero-order chi connectivity index (χ0) is 20.9. The van der Waals surface area contributed by atoms with Gasteiger partial charge in [0.25, 0.3) is 5.91 Å². The van der Waals surface area contributed by atoms with E-state index >= 15 is 0 Å². The summed E-state index contributed by atoms with van der Waals surface area (Å²) in [5.41, 5.74) is 4.53. The van der Waals surface area contributed by atoms with Gasteiger partial charge in [-0.15, -0.1) is 11.3 Å². The number of morpholine rings is 1. The van der Waals surface area contributed by atoms with Gasteiger partial charge in [0.2, 0.25) is 0 Å². The second-order valence-corrected chi connectivity index (χ2v) is 8.33. The van der Waals surface area contributed by atoms with Crippen LogP contribution < -0.4 is 10.2 Å². The number of fused-ring (bicyclic) bond motifs is 1. The highest BCUT2D eigenvalue weighted by Crippen LogP contribution is 2.34. The Balaban J connectivity index is 1.45. The lowest BCUT2D eigenvalue weighted by molar-refractivity contribution is 0.0339. The molecule has 0 aliphatic carbocycles. The number of ether oxygens (including phenoxy) is 2. The van der Waals surface area contributed by atoms with Gasteiger partial charge in [-0.3, -0.25) is 9.69 Å². The van der Waals surface area contributed by atoms with Crippen LogP contribution in [0, 0.1) is 0 Å². The average molecular weight is 444 g/mol. The number of nitrogens with one attached hydrogen (secondary N) is 1. The van der Waals surface area contributed by atoms with Gasteiger partial charge in [-0.1, -0.05) is 29.8 Å². The summed E-state index contributed by atoms with van der Waals surface area (Å²) in [6.07, 6.45) is 1.63. The van der Waals surface area contributed by atoms with Crippen molar-refractivity contribution in [2.24, 2.45) is 5.10 Å². The first-order chi connectivity index (χ1) is 14.7. The zero-order valence-electron chi connectivity index (χ0n) is 16.6. The van der Waals surface area contributed by atoms with Crippen LogP contribution in [-0.2, 0) is 11.3 Å². The second kappa shape index (κ2) is 9.57. The fourth-order valence-corrected chi connectivity index (χ4v) is 4.79. The molecule has 2 aromatic carbocycles. The molecule has 30 heavy (non-hydrogen) atoms. The number of nitrogens with zero attached hydrogens (tertiary/aromatic N) is 2. The van der Waals surface area contributed by atoms with Crippen molar-refractivity contribution in [2.75, 3.05) is 33.4 Å². The van der Waals surface area contributed by atoms with Crippen molar-refractivity contribution in [3.05, 3.63) is 63.5 Å². The van der Waals surface area contributed by atoms with Gasteiger partial charge < -0.3 is 9.47 Å². The van der Waals surface area contributed by atoms with Crippen molar-refractivity contribution in [1.29, 1.82) is 0 Å². The molecule has 0 saturated carbocycles. The molecule has 1 aliphatic heterocycles. The minimum absolute atomic E-state index is 0.320. The molecule has 1 amide bonds. The SMILES string of the molecule is COc1ccc(/C=N/NC(=O)c2sc3ccccc3c2Cl)cc1CN1CCOCC1. The van der Waals surface area contributed by atoms with Crippen molar-refractivity contribution in [3.8, 4) is 5.75 Å². The van der Waals surface area contributed by atoms with E-state index in [1.54, 1.807) is 13.3 Å². The van der Waals surface area contributed by atoms with Crippen molar-refractivity contribution in [1.82, 2.24) is 10.3 Å². The van der Waals surface area contributed by atoms with Gasteiger partial charge >= 0.3 is 0 Å².